The maximum absolute atomic E-state index is 16.1. The summed E-state index contributed by atoms with van der Waals surface area (Å²) in [7, 11) is 4.30. The second-order valence-corrected chi connectivity index (χ2v) is 18.5. The number of hydrogen-bond acceptors (Lipinski definition) is 8. The van der Waals surface area contributed by atoms with E-state index in [9.17, 15) is 38.7 Å². The molecule has 3 heterocycles. The third-order valence-corrected chi connectivity index (χ3v) is 13.1. The highest BCUT2D eigenvalue weighted by molar-refractivity contribution is 6.38. The van der Waals surface area contributed by atoms with E-state index in [1.54, 1.807) is 30.5 Å². The van der Waals surface area contributed by atoms with Gasteiger partial charge in [0.1, 0.15) is 30.0 Å². The van der Waals surface area contributed by atoms with Crippen LogP contribution in [0.4, 0.5) is 15.8 Å². The lowest BCUT2D eigenvalue weighted by Crippen LogP contribution is -2.53. The van der Waals surface area contributed by atoms with Gasteiger partial charge in [-0.2, -0.15) is 0 Å². The number of quaternary nitrogens is 1. The minimum Gasteiger partial charge on any atom is -0.477 e. The molecule has 5 amide bonds. The van der Waals surface area contributed by atoms with Crippen LogP contribution in [0.2, 0.25) is 5.02 Å². The molecule has 0 radical (unpaired) electrons. The van der Waals surface area contributed by atoms with E-state index in [1.807, 2.05) is 17.0 Å². The Hall–Kier alpha value is -5.61. The minimum absolute atomic E-state index is 0.00384. The molecule has 4 aliphatic rings. The number of nitrogens with zero attached hydrogens (tertiary/aromatic N) is 4. The molecule has 3 fully saturated rings. The number of fused-ring (bicyclic) bond motifs is 1. The van der Waals surface area contributed by atoms with Gasteiger partial charge in [-0.25, -0.2) is 9.18 Å². The molecule has 7 rings (SSSR count). The Balaban J connectivity index is 0.913. The Morgan fingerprint density at radius 2 is 1.66 bits per heavy atom. The van der Waals surface area contributed by atoms with E-state index >= 15 is 4.39 Å². The molecule has 3 aromatic rings. The van der Waals surface area contributed by atoms with Crippen molar-refractivity contribution in [3.63, 3.8) is 0 Å². The van der Waals surface area contributed by atoms with Crippen LogP contribution in [-0.2, 0) is 30.5 Å². The summed E-state index contributed by atoms with van der Waals surface area (Å²) in [5, 5.41) is 18.0. The standard InChI is InChI=1S/C45H53ClFN7O8/c1-26(2)39(50-34(55)8-6-5-7-19-52-36(57)15-16-37(52)58)43(60)48-21-35(56)49-28-11-9-27(10-12-28)24-54(3,4)33-23-51(25-45(33)17-18-45)41-32(47)20-30-40(38(41)46)53(29-13-14-29)22-31(42(30)59)44(61)62/h9-12,15-16,20,22,26,29,33,39H,5-8,13-14,17-19,21,23-25H2,1-4H3,(H3-,48,49,50,55,56,60,61,62)/p+1/t33-,39?/m1/s1. The third-order valence-electron chi connectivity index (χ3n) is 12.7. The van der Waals surface area contributed by atoms with Gasteiger partial charge in [0.2, 0.25) is 23.2 Å². The molecular weight excluding hydrogens is 821 g/mol. The van der Waals surface area contributed by atoms with E-state index < -0.39 is 40.6 Å². The van der Waals surface area contributed by atoms with Crippen molar-refractivity contribution in [2.75, 3.05) is 50.5 Å². The van der Waals surface area contributed by atoms with Gasteiger partial charge in [0.15, 0.2) is 0 Å². The highest BCUT2D eigenvalue weighted by Crippen LogP contribution is 2.57. The highest BCUT2D eigenvalue weighted by atomic mass is 35.5. The number of unbranched alkanes of at least 4 members (excludes halogenated alkanes) is 2. The Kier molecular flexibility index (Phi) is 12.6. The van der Waals surface area contributed by atoms with Gasteiger partial charge in [-0.15, -0.1) is 0 Å². The number of likely N-dealkylation sites (N-methyl/N-ethyl adjacent to an activating group) is 1. The van der Waals surface area contributed by atoms with Crippen molar-refractivity contribution in [3.05, 3.63) is 80.9 Å². The van der Waals surface area contributed by atoms with E-state index in [-0.39, 0.29) is 76.7 Å². The van der Waals surface area contributed by atoms with Crippen molar-refractivity contribution < 1.29 is 42.7 Å². The number of pyridine rings is 1. The number of benzene rings is 2. The fraction of sp³-hybridized carbons (Fsp3) is 0.489. The summed E-state index contributed by atoms with van der Waals surface area (Å²) in [5.74, 6) is -4.13. The zero-order chi connectivity index (χ0) is 44.7. The molecule has 17 heteroatoms. The second-order valence-electron chi connectivity index (χ2n) is 18.2. The number of nitrogens with one attached hydrogen (secondary N) is 3. The number of hydrogen-bond donors (Lipinski definition) is 4. The molecule has 0 bridgehead atoms. The maximum Gasteiger partial charge on any atom is 0.341 e. The smallest absolute Gasteiger partial charge is 0.341 e. The summed E-state index contributed by atoms with van der Waals surface area (Å²) >= 11 is 7.01. The maximum atomic E-state index is 16.1. The number of carboxylic acids is 1. The summed E-state index contributed by atoms with van der Waals surface area (Å²) in [4.78, 5) is 90.1. The second kappa shape index (κ2) is 17.6. The van der Waals surface area contributed by atoms with Crippen LogP contribution in [-0.4, -0.2) is 107 Å². The largest absolute Gasteiger partial charge is 0.477 e. The summed E-state index contributed by atoms with van der Waals surface area (Å²) < 4.78 is 18.4. The van der Waals surface area contributed by atoms with Gasteiger partial charge in [0.25, 0.3) is 11.8 Å². The van der Waals surface area contributed by atoms with Crippen molar-refractivity contribution in [2.24, 2.45) is 11.3 Å². The van der Waals surface area contributed by atoms with Crippen LogP contribution in [0.25, 0.3) is 10.9 Å². The normalized spacial score (nSPS) is 18.5. The quantitative estimate of drug-likeness (QED) is 0.0795. The van der Waals surface area contributed by atoms with Crippen LogP contribution in [0.15, 0.2) is 53.5 Å². The first kappa shape index (κ1) is 44.4. The molecule has 1 aromatic heterocycles. The van der Waals surface area contributed by atoms with E-state index in [0.717, 1.165) is 42.2 Å². The van der Waals surface area contributed by atoms with Crippen LogP contribution in [0.1, 0.15) is 87.2 Å². The number of aromatic carboxylic acids is 1. The topological polar surface area (TPSA) is 187 Å². The van der Waals surface area contributed by atoms with E-state index in [4.69, 9.17) is 11.6 Å². The SMILES string of the molecule is CC(C)C(NC(=O)CCCCCN1C(=O)C=CC1=O)C(=O)NCC(=O)Nc1ccc(C[N+](C)(C)[C@@H]2CN(c3c(F)cc4c(=O)c(C(=O)O)cn(C5CC5)c4c3Cl)CC23CC3)cc1. The number of imide groups is 1. The van der Waals surface area contributed by atoms with Crippen molar-refractivity contribution >= 4 is 69.4 Å². The van der Waals surface area contributed by atoms with Crippen LogP contribution in [0.5, 0.6) is 0 Å². The molecule has 4 N–H and O–H groups in total. The molecule has 1 unspecified atom stereocenters. The van der Waals surface area contributed by atoms with Crippen LogP contribution in [0.3, 0.4) is 0 Å². The van der Waals surface area contributed by atoms with Gasteiger partial charge >= 0.3 is 5.97 Å². The third kappa shape index (κ3) is 9.41. The van der Waals surface area contributed by atoms with Gasteiger partial charge in [0.05, 0.1) is 48.8 Å². The molecule has 2 saturated carbocycles. The fourth-order valence-electron chi connectivity index (χ4n) is 9.17. The summed E-state index contributed by atoms with van der Waals surface area (Å²) in [6.45, 7) is 5.37. The molecule has 2 atom stereocenters. The lowest BCUT2D eigenvalue weighted by molar-refractivity contribution is -0.930. The predicted molar refractivity (Wildman–Crippen MR) is 231 cm³/mol. The Bertz CT molecular complexity index is 2390. The van der Waals surface area contributed by atoms with E-state index in [0.29, 0.717) is 54.6 Å². The fourth-order valence-corrected chi connectivity index (χ4v) is 9.58. The lowest BCUT2D eigenvalue weighted by atomic mass is 9.97. The van der Waals surface area contributed by atoms with Crippen molar-refractivity contribution in [1.82, 2.24) is 20.1 Å². The Labute approximate surface area is 363 Å². The van der Waals surface area contributed by atoms with Gasteiger partial charge in [-0.3, -0.25) is 33.7 Å². The van der Waals surface area contributed by atoms with Gasteiger partial charge in [-0.05, 0) is 62.6 Å². The molecule has 2 aromatic carbocycles. The molecule has 15 nitrogen and oxygen atoms in total. The number of aromatic nitrogens is 1. The van der Waals surface area contributed by atoms with Crippen LogP contribution >= 0.6 is 11.6 Å². The molecule has 2 aliphatic carbocycles. The zero-order valence-electron chi connectivity index (χ0n) is 35.5. The van der Waals surface area contributed by atoms with E-state index in [2.05, 4.69) is 30.0 Å². The van der Waals surface area contributed by atoms with Crippen LogP contribution in [0, 0.1) is 17.2 Å². The number of amides is 5. The highest BCUT2D eigenvalue weighted by Gasteiger charge is 2.61. The minimum atomic E-state index is -1.36. The first-order valence-corrected chi connectivity index (χ1v) is 21.6. The van der Waals surface area contributed by atoms with Crippen molar-refractivity contribution in [1.29, 1.82) is 0 Å². The molecular formula is C45H54ClFN7O8+. The Morgan fingerprint density at radius 1 is 0.984 bits per heavy atom. The molecule has 2 aliphatic heterocycles. The average molecular weight is 875 g/mol. The van der Waals surface area contributed by atoms with Gasteiger partial charge in [0, 0.05) is 60.6 Å². The zero-order valence-corrected chi connectivity index (χ0v) is 36.2. The Morgan fingerprint density at radius 3 is 2.27 bits per heavy atom. The summed E-state index contributed by atoms with van der Waals surface area (Å²) in [6.07, 6.45) is 9.30. The first-order chi connectivity index (χ1) is 29.4. The number of halogens is 2. The molecule has 330 valence electrons. The summed E-state index contributed by atoms with van der Waals surface area (Å²) in [5.41, 5.74) is 0.973. The summed E-state index contributed by atoms with van der Waals surface area (Å²) in [6, 6.07) is 7.91. The lowest BCUT2D eigenvalue weighted by Gasteiger charge is -2.39. The molecule has 1 spiro atoms. The van der Waals surface area contributed by atoms with Crippen molar-refractivity contribution in [3.8, 4) is 0 Å². The van der Waals surface area contributed by atoms with Gasteiger partial charge in [-0.1, -0.05) is 44.0 Å². The first-order valence-electron chi connectivity index (χ1n) is 21.3. The number of rotatable bonds is 18. The number of carboxylic acid groups (broad SMARTS) is 1. The molecule has 62 heavy (non-hydrogen) atoms. The van der Waals surface area contributed by atoms with Crippen LogP contribution < -0.4 is 26.3 Å². The number of carbonyl (C=O) groups excluding carboxylic acids is 5. The number of carbonyl (C=O) groups is 6. The average Bonchev–Trinajstić information content (AvgIpc) is 4.13. The molecule has 1 saturated heterocycles. The van der Waals surface area contributed by atoms with E-state index in [1.165, 1.54) is 18.3 Å². The van der Waals surface area contributed by atoms with Crippen molar-refractivity contribution in [2.45, 2.75) is 89.9 Å². The van der Waals surface area contributed by atoms with Gasteiger partial charge < -0.3 is 35.0 Å². The number of anilines is 2. The predicted octanol–water partition coefficient (Wildman–Crippen LogP) is 4.75. The monoisotopic (exact) mass is 874 g/mol.